The number of hydrogen-bond donors (Lipinski definition) is 0. The second kappa shape index (κ2) is 6.73. The van der Waals surface area contributed by atoms with Crippen LogP contribution in [0.3, 0.4) is 0 Å². The van der Waals surface area contributed by atoms with E-state index in [4.69, 9.17) is 21.3 Å². The molecule has 0 bridgehead atoms. The van der Waals surface area contributed by atoms with Crippen molar-refractivity contribution in [3.8, 4) is 0 Å². The van der Waals surface area contributed by atoms with Crippen LogP contribution in [0.25, 0.3) is 16.8 Å². The zero-order chi connectivity index (χ0) is 20.1. The zero-order valence-electron chi connectivity index (χ0n) is 16.3. The van der Waals surface area contributed by atoms with Crippen LogP contribution in [0, 0.1) is 6.92 Å². The lowest BCUT2D eigenvalue weighted by atomic mass is 10.2. The van der Waals surface area contributed by atoms with Gasteiger partial charge in [-0.3, -0.25) is 4.40 Å². The van der Waals surface area contributed by atoms with Gasteiger partial charge >= 0.3 is 6.09 Å². The van der Waals surface area contributed by atoms with E-state index in [1.54, 1.807) is 11.1 Å². The van der Waals surface area contributed by atoms with Gasteiger partial charge in [0.1, 0.15) is 11.4 Å². The summed E-state index contributed by atoms with van der Waals surface area (Å²) in [6, 6.07) is 1.81. The maximum Gasteiger partial charge on any atom is 0.410 e. The zero-order valence-corrected chi connectivity index (χ0v) is 17.1. The summed E-state index contributed by atoms with van der Waals surface area (Å²) in [6.45, 7) is 9.80. The Morgan fingerprint density at radius 3 is 2.57 bits per heavy atom. The average Bonchev–Trinajstić information content (AvgIpc) is 3.02. The van der Waals surface area contributed by atoms with E-state index in [1.165, 1.54) is 0 Å². The number of amides is 1. The van der Waals surface area contributed by atoms with E-state index in [-0.39, 0.29) is 6.09 Å². The minimum absolute atomic E-state index is 0.293. The van der Waals surface area contributed by atoms with Gasteiger partial charge in [-0.05, 0) is 33.8 Å². The van der Waals surface area contributed by atoms with Gasteiger partial charge in [-0.1, -0.05) is 11.6 Å². The lowest BCUT2D eigenvalue weighted by Gasteiger charge is -2.36. The topological polar surface area (TPSA) is 88.8 Å². The van der Waals surface area contributed by atoms with Crippen LogP contribution in [0.4, 0.5) is 10.6 Å². The summed E-state index contributed by atoms with van der Waals surface area (Å²) in [7, 11) is 0. The lowest BCUT2D eigenvalue weighted by Crippen LogP contribution is -2.50. The second-order valence-electron chi connectivity index (χ2n) is 7.79. The van der Waals surface area contributed by atoms with Gasteiger partial charge in [0.2, 0.25) is 5.65 Å². The Kier molecular flexibility index (Phi) is 4.49. The van der Waals surface area contributed by atoms with Crippen molar-refractivity contribution in [3.05, 3.63) is 23.1 Å². The van der Waals surface area contributed by atoms with Gasteiger partial charge in [-0.15, -0.1) is 10.2 Å². The third-order valence-electron chi connectivity index (χ3n) is 4.52. The van der Waals surface area contributed by atoms with Gasteiger partial charge < -0.3 is 14.5 Å². The average molecular weight is 404 g/mol. The monoisotopic (exact) mass is 403 g/mol. The number of rotatable bonds is 1. The van der Waals surface area contributed by atoms with Crippen LogP contribution in [0.5, 0.6) is 0 Å². The van der Waals surface area contributed by atoms with E-state index in [2.05, 4.69) is 20.1 Å². The second-order valence-corrected chi connectivity index (χ2v) is 8.23. The molecule has 3 aromatic heterocycles. The number of pyridine rings is 1. The van der Waals surface area contributed by atoms with E-state index in [0.717, 1.165) is 11.3 Å². The predicted molar refractivity (Wildman–Crippen MR) is 106 cm³/mol. The number of carbonyl (C=O) groups excluding carboxylic acids is 1. The molecule has 10 heteroatoms. The first-order chi connectivity index (χ1) is 13.2. The number of hydrogen-bond acceptors (Lipinski definition) is 7. The van der Waals surface area contributed by atoms with Crippen molar-refractivity contribution >= 4 is 40.3 Å². The molecule has 1 saturated heterocycles. The van der Waals surface area contributed by atoms with Gasteiger partial charge in [0.05, 0.1) is 10.5 Å². The van der Waals surface area contributed by atoms with Crippen LogP contribution in [0.15, 0.2) is 12.3 Å². The van der Waals surface area contributed by atoms with Crippen molar-refractivity contribution in [1.29, 1.82) is 0 Å². The molecule has 1 aliphatic heterocycles. The fourth-order valence-corrected chi connectivity index (χ4v) is 3.41. The molecule has 1 fully saturated rings. The maximum absolute atomic E-state index is 12.3. The van der Waals surface area contributed by atoms with Crippen molar-refractivity contribution in [1.82, 2.24) is 29.5 Å². The SMILES string of the molecule is Cc1nnc2c(N3CCN(C(=O)OC(C)(C)C)CC3)nc3ncc(Cl)cc3n12. The number of piperazine rings is 1. The van der Waals surface area contributed by atoms with Crippen LogP contribution in [0.2, 0.25) is 5.02 Å². The molecule has 3 aromatic rings. The standard InChI is InChI=1S/C18H22ClN7O2/c1-11-22-23-16-15(21-14-13(26(11)16)9-12(19)10-20-14)24-5-7-25(8-6-24)17(27)28-18(2,3)4/h9-10H,5-8H2,1-4H3. The van der Waals surface area contributed by atoms with Crippen LogP contribution in [-0.4, -0.2) is 67.3 Å². The highest BCUT2D eigenvalue weighted by molar-refractivity contribution is 6.31. The van der Waals surface area contributed by atoms with E-state index >= 15 is 0 Å². The molecule has 0 atom stereocenters. The molecule has 0 unspecified atom stereocenters. The smallest absolute Gasteiger partial charge is 0.410 e. The molecule has 0 spiro atoms. The predicted octanol–water partition coefficient (Wildman–Crippen LogP) is 2.69. The maximum atomic E-state index is 12.3. The van der Waals surface area contributed by atoms with Gasteiger partial charge in [-0.25, -0.2) is 14.8 Å². The Morgan fingerprint density at radius 1 is 1.18 bits per heavy atom. The molecule has 4 heterocycles. The van der Waals surface area contributed by atoms with E-state index < -0.39 is 5.60 Å². The van der Waals surface area contributed by atoms with E-state index in [1.807, 2.05) is 38.2 Å². The summed E-state index contributed by atoms with van der Waals surface area (Å²) in [5.74, 6) is 1.44. The quantitative estimate of drug-likeness (QED) is 0.617. The molecule has 1 aliphatic rings. The highest BCUT2D eigenvalue weighted by Gasteiger charge is 2.28. The molecular formula is C18H22ClN7O2. The third-order valence-corrected chi connectivity index (χ3v) is 4.73. The van der Waals surface area contributed by atoms with Crippen LogP contribution in [-0.2, 0) is 4.74 Å². The molecule has 0 aliphatic carbocycles. The number of carbonyl (C=O) groups is 1. The van der Waals surface area contributed by atoms with Gasteiger partial charge in [-0.2, -0.15) is 0 Å². The first-order valence-corrected chi connectivity index (χ1v) is 9.50. The molecule has 9 nitrogen and oxygen atoms in total. The fourth-order valence-electron chi connectivity index (χ4n) is 3.26. The summed E-state index contributed by atoms with van der Waals surface area (Å²) < 4.78 is 7.38. The van der Waals surface area contributed by atoms with E-state index in [0.29, 0.717) is 48.3 Å². The summed E-state index contributed by atoms with van der Waals surface area (Å²) in [6.07, 6.45) is 1.28. The van der Waals surface area contributed by atoms with Crippen LogP contribution in [0.1, 0.15) is 26.6 Å². The Morgan fingerprint density at radius 2 is 1.89 bits per heavy atom. The number of anilines is 1. The molecule has 148 valence electrons. The summed E-state index contributed by atoms with van der Waals surface area (Å²) in [4.78, 5) is 25.2. The molecule has 0 radical (unpaired) electrons. The Labute approximate surface area is 167 Å². The summed E-state index contributed by atoms with van der Waals surface area (Å²) >= 11 is 6.11. The summed E-state index contributed by atoms with van der Waals surface area (Å²) in [5, 5.41) is 9.04. The van der Waals surface area contributed by atoms with E-state index in [9.17, 15) is 4.79 Å². The minimum atomic E-state index is -0.508. The number of aromatic nitrogens is 5. The number of aryl methyl sites for hydroxylation is 1. The Bertz CT molecular complexity index is 1050. The molecule has 0 N–H and O–H groups in total. The lowest BCUT2D eigenvalue weighted by molar-refractivity contribution is 0.0240. The molecular weight excluding hydrogens is 382 g/mol. The summed E-state index contributed by atoms with van der Waals surface area (Å²) in [5.41, 5.74) is 1.48. The molecule has 0 aromatic carbocycles. The minimum Gasteiger partial charge on any atom is -0.444 e. The fraction of sp³-hybridized carbons (Fsp3) is 0.500. The van der Waals surface area contributed by atoms with Crippen LogP contribution < -0.4 is 4.90 Å². The van der Waals surface area contributed by atoms with Crippen molar-refractivity contribution < 1.29 is 9.53 Å². The third kappa shape index (κ3) is 3.42. The Hall–Kier alpha value is -2.68. The van der Waals surface area contributed by atoms with Crippen molar-refractivity contribution in [3.63, 3.8) is 0 Å². The molecule has 0 saturated carbocycles. The number of nitrogens with zero attached hydrogens (tertiary/aromatic N) is 7. The number of halogens is 1. The Balaban J connectivity index is 1.63. The first kappa shape index (κ1) is 18.7. The van der Waals surface area contributed by atoms with Gasteiger partial charge in [0.15, 0.2) is 11.5 Å². The van der Waals surface area contributed by atoms with Gasteiger partial charge in [0.25, 0.3) is 0 Å². The largest absolute Gasteiger partial charge is 0.444 e. The number of ether oxygens (including phenoxy) is 1. The molecule has 1 amide bonds. The molecule has 28 heavy (non-hydrogen) atoms. The van der Waals surface area contributed by atoms with Crippen molar-refractivity contribution in [2.75, 3.05) is 31.1 Å². The van der Waals surface area contributed by atoms with Crippen molar-refractivity contribution in [2.45, 2.75) is 33.3 Å². The highest BCUT2D eigenvalue weighted by Crippen LogP contribution is 2.26. The molecule has 4 rings (SSSR count). The van der Waals surface area contributed by atoms with Crippen molar-refractivity contribution in [2.24, 2.45) is 0 Å². The number of fused-ring (bicyclic) bond motifs is 3. The normalized spacial score (nSPS) is 15.5. The first-order valence-electron chi connectivity index (χ1n) is 9.13. The van der Waals surface area contributed by atoms with Crippen LogP contribution >= 0.6 is 11.6 Å². The highest BCUT2D eigenvalue weighted by atomic mass is 35.5. The van der Waals surface area contributed by atoms with Gasteiger partial charge in [0, 0.05) is 32.4 Å².